The lowest BCUT2D eigenvalue weighted by Gasteiger charge is -2.21. The summed E-state index contributed by atoms with van der Waals surface area (Å²) in [5.74, 6) is 0.669. The minimum Gasteiger partial charge on any atom is -0.491 e. The highest BCUT2D eigenvalue weighted by atomic mass is 16.5. The van der Waals surface area contributed by atoms with Crippen LogP contribution in [0.5, 0.6) is 5.75 Å². The summed E-state index contributed by atoms with van der Waals surface area (Å²) in [5, 5.41) is 5.93. The third-order valence-electron chi connectivity index (χ3n) is 5.74. The van der Waals surface area contributed by atoms with E-state index in [2.05, 4.69) is 46.2 Å². The highest BCUT2D eigenvalue weighted by molar-refractivity contribution is 5.95. The Morgan fingerprint density at radius 1 is 1.06 bits per heavy atom. The van der Waals surface area contributed by atoms with Crippen molar-refractivity contribution in [2.45, 2.75) is 46.1 Å². The molecule has 2 N–H and O–H groups in total. The molecule has 3 rings (SSSR count). The normalized spacial score (nSPS) is 10.7. The molecule has 0 saturated heterocycles. The Morgan fingerprint density at radius 3 is 2.59 bits per heavy atom. The Balaban J connectivity index is 1.60. The Hall–Kier alpha value is -3.48. The number of carbonyl (C=O) groups excluding carboxylic acids is 1. The summed E-state index contributed by atoms with van der Waals surface area (Å²) in [5.41, 5.74) is 4.86. The van der Waals surface area contributed by atoms with Crippen LogP contribution in [-0.2, 0) is 6.54 Å². The van der Waals surface area contributed by atoms with Gasteiger partial charge in [0, 0.05) is 38.4 Å². The van der Waals surface area contributed by atoms with Crippen LogP contribution in [0.3, 0.4) is 0 Å². The van der Waals surface area contributed by atoms with Gasteiger partial charge in [-0.15, -0.1) is 0 Å². The molecular formula is C27H37N5O2. The molecule has 0 atom stereocenters. The Morgan fingerprint density at radius 2 is 1.85 bits per heavy atom. The van der Waals surface area contributed by atoms with Gasteiger partial charge in [-0.3, -0.25) is 0 Å². The highest BCUT2D eigenvalue weighted by Crippen LogP contribution is 2.34. The lowest BCUT2D eigenvalue weighted by atomic mass is 10.1. The second-order valence-electron chi connectivity index (χ2n) is 8.57. The van der Waals surface area contributed by atoms with E-state index < -0.39 is 0 Å². The first-order chi connectivity index (χ1) is 16.5. The van der Waals surface area contributed by atoms with Gasteiger partial charge in [0.1, 0.15) is 11.4 Å². The van der Waals surface area contributed by atoms with E-state index in [1.807, 2.05) is 61.7 Å². The maximum absolute atomic E-state index is 12.5. The number of aryl methyl sites for hydroxylation is 1. The monoisotopic (exact) mass is 463 g/mol. The van der Waals surface area contributed by atoms with Crippen LogP contribution in [0.1, 0.15) is 38.3 Å². The number of anilines is 2. The molecule has 0 fully saturated rings. The maximum atomic E-state index is 12.5. The van der Waals surface area contributed by atoms with E-state index in [-0.39, 0.29) is 6.03 Å². The summed E-state index contributed by atoms with van der Waals surface area (Å²) in [6.07, 6.45) is 5.91. The number of nitrogens with one attached hydrogen (secondary N) is 2. The molecule has 0 unspecified atom stereocenters. The minimum atomic E-state index is -0.210. The van der Waals surface area contributed by atoms with Gasteiger partial charge in [-0.25, -0.2) is 9.78 Å². The Labute approximate surface area is 203 Å². The topological polar surface area (TPSA) is 71.4 Å². The SMILES string of the molecule is CCCCCNC(=O)Nc1c(OCCCn2cnc(-c3ccccc3)c2C)cccc1N(C)C. The number of unbranched alkanes of at least 4 members (excludes halogenated alkanes) is 2. The van der Waals surface area contributed by atoms with Crippen LogP contribution in [-0.4, -0.2) is 42.8 Å². The molecule has 1 heterocycles. The molecule has 0 aliphatic carbocycles. The van der Waals surface area contributed by atoms with E-state index in [9.17, 15) is 4.79 Å². The summed E-state index contributed by atoms with van der Waals surface area (Å²) >= 11 is 0. The zero-order valence-electron chi connectivity index (χ0n) is 20.8. The van der Waals surface area contributed by atoms with Gasteiger partial charge in [-0.2, -0.15) is 0 Å². The number of ether oxygens (including phenoxy) is 1. The quantitative estimate of drug-likeness (QED) is 0.338. The molecule has 1 aromatic heterocycles. The largest absolute Gasteiger partial charge is 0.491 e. The standard InChI is InChI=1S/C27H37N5O2/c1-5-6-10-17-28-27(33)30-26-23(31(3)4)15-11-16-24(26)34-19-12-18-32-20-29-25(21(32)2)22-13-8-7-9-14-22/h7-9,11,13-16,20H,5-6,10,12,17-19H2,1-4H3,(H2,28,30,33). The van der Waals surface area contributed by atoms with Gasteiger partial charge in [-0.05, 0) is 31.9 Å². The highest BCUT2D eigenvalue weighted by Gasteiger charge is 2.14. The number of carbonyl (C=O) groups is 1. The fourth-order valence-corrected chi connectivity index (χ4v) is 3.84. The van der Waals surface area contributed by atoms with Crippen molar-refractivity contribution in [1.82, 2.24) is 14.9 Å². The molecule has 2 aromatic carbocycles. The van der Waals surface area contributed by atoms with Crippen molar-refractivity contribution in [2.75, 3.05) is 37.5 Å². The summed E-state index contributed by atoms with van der Waals surface area (Å²) in [4.78, 5) is 19.0. The predicted molar refractivity (Wildman–Crippen MR) is 140 cm³/mol. The van der Waals surface area contributed by atoms with Crippen molar-refractivity contribution >= 4 is 17.4 Å². The molecule has 34 heavy (non-hydrogen) atoms. The van der Waals surface area contributed by atoms with Gasteiger partial charge >= 0.3 is 6.03 Å². The van der Waals surface area contributed by atoms with Crippen LogP contribution in [0.15, 0.2) is 54.9 Å². The maximum Gasteiger partial charge on any atom is 0.319 e. The van der Waals surface area contributed by atoms with Crippen LogP contribution < -0.4 is 20.3 Å². The number of imidazole rings is 1. The molecule has 0 bridgehead atoms. The molecule has 3 aromatic rings. The van der Waals surface area contributed by atoms with Gasteiger partial charge in [0.2, 0.25) is 0 Å². The Kier molecular flexibility index (Phi) is 9.38. The third-order valence-corrected chi connectivity index (χ3v) is 5.74. The van der Waals surface area contributed by atoms with Crippen molar-refractivity contribution in [1.29, 1.82) is 0 Å². The van der Waals surface area contributed by atoms with Crippen molar-refractivity contribution in [3.63, 3.8) is 0 Å². The molecule has 0 saturated carbocycles. The molecule has 182 valence electrons. The number of benzene rings is 2. The zero-order chi connectivity index (χ0) is 24.3. The Bertz CT molecular complexity index is 1050. The predicted octanol–water partition coefficient (Wildman–Crippen LogP) is 5.71. The van der Waals surface area contributed by atoms with Crippen molar-refractivity contribution in [3.05, 3.63) is 60.6 Å². The van der Waals surface area contributed by atoms with Crippen LogP contribution in [0, 0.1) is 6.92 Å². The first-order valence-corrected chi connectivity index (χ1v) is 12.1. The first-order valence-electron chi connectivity index (χ1n) is 12.1. The second-order valence-corrected chi connectivity index (χ2v) is 8.57. The number of nitrogens with zero attached hydrogens (tertiary/aromatic N) is 3. The van der Waals surface area contributed by atoms with E-state index in [1.165, 1.54) is 0 Å². The average Bonchev–Trinajstić information content (AvgIpc) is 3.21. The van der Waals surface area contributed by atoms with Gasteiger partial charge < -0.3 is 24.8 Å². The van der Waals surface area contributed by atoms with E-state index in [0.717, 1.165) is 54.9 Å². The summed E-state index contributed by atoms with van der Waals surface area (Å²) in [6.45, 7) is 6.24. The van der Waals surface area contributed by atoms with Crippen LogP contribution in [0.4, 0.5) is 16.2 Å². The molecule has 0 radical (unpaired) electrons. The van der Waals surface area contributed by atoms with Gasteiger partial charge in [0.15, 0.2) is 0 Å². The fraction of sp³-hybridized carbons (Fsp3) is 0.407. The van der Waals surface area contributed by atoms with E-state index in [0.29, 0.717) is 24.6 Å². The summed E-state index contributed by atoms with van der Waals surface area (Å²) in [6, 6.07) is 15.8. The molecule has 2 amide bonds. The lowest BCUT2D eigenvalue weighted by molar-refractivity contribution is 0.251. The minimum absolute atomic E-state index is 0.210. The van der Waals surface area contributed by atoms with Gasteiger partial charge in [-0.1, -0.05) is 56.2 Å². The summed E-state index contributed by atoms with van der Waals surface area (Å²) < 4.78 is 8.28. The molecule has 0 aliphatic heterocycles. The number of rotatable bonds is 12. The van der Waals surface area contributed by atoms with Crippen LogP contribution in [0.25, 0.3) is 11.3 Å². The van der Waals surface area contributed by atoms with Crippen LogP contribution >= 0.6 is 0 Å². The van der Waals surface area contributed by atoms with Crippen LogP contribution in [0.2, 0.25) is 0 Å². The molecule has 7 nitrogen and oxygen atoms in total. The second kappa shape index (κ2) is 12.7. The fourth-order valence-electron chi connectivity index (χ4n) is 3.84. The van der Waals surface area contributed by atoms with E-state index in [4.69, 9.17) is 4.74 Å². The number of aromatic nitrogens is 2. The van der Waals surface area contributed by atoms with E-state index >= 15 is 0 Å². The first kappa shape index (κ1) is 25.1. The molecule has 7 heteroatoms. The van der Waals surface area contributed by atoms with E-state index in [1.54, 1.807) is 0 Å². The summed E-state index contributed by atoms with van der Waals surface area (Å²) in [7, 11) is 3.91. The van der Waals surface area contributed by atoms with Crippen molar-refractivity contribution in [2.24, 2.45) is 0 Å². The third kappa shape index (κ3) is 6.76. The smallest absolute Gasteiger partial charge is 0.319 e. The number of hydrogen-bond donors (Lipinski definition) is 2. The van der Waals surface area contributed by atoms with Gasteiger partial charge in [0.25, 0.3) is 0 Å². The molecule has 0 spiro atoms. The number of amides is 2. The number of urea groups is 1. The van der Waals surface area contributed by atoms with Crippen molar-refractivity contribution < 1.29 is 9.53 Å². The molecule has 0 aliphatic rings. The number of para-hydroxylation sites is 1. The zero-order valence-corrected chi connectivity index (χ0v) is 20.8. The number of hydrogen-bond acceptors (Lipinski definition) is 4. The average molecular weight is 464 g/mol. The van der Waals surface area contributed by atoms with Crippen molar-refractivity contribution in [3.8, 4) is 17.0 Å². The van der Waals surface area contributed by atoms with Gasteiger partial charge in [0.05, 0.1) is 24.3 Å². The molecular weight excluding hydrogens is 426 g/mol. The lowest BCUT2D eigenvalue weighted by Crippen LogP contribution is -2.30.